The van der Waals surface area contributed by atoms with E-state index in [1.165, 1.54) is 0 Å². The summed E-state index contributed by atoms with van der Waals surface area (Å²) in [6.07, 6.45) is 5.41. The van der Waals surface area contributed by atoms with Crippen LogP contribution in [0.4, 0.5) is 0 Å². The summed E-state index contributed by atoms with van der Waals surface area (Å²) in [5.74, 6) is 1.03. The molecule has 1 atom stereocenters. The maximum Gasteiger partial charge on any atom is 0.255 e. The zero-order valence-electron chi connectivity index (χ0n) is 12.5. The average Bonchev–Trinajstić information content (AvgIpc) is 3.17. The van der Waals surface area contributed by atoms with Crippen molar-refractivity contribution in [3.63, 3.8) is 0 Å². The SMILES string of the molecule is CCN1CCN(C(=O)c2cc[nH]c2C)CC1c1ncc[nH]1. The number of imidazole rings is 1. The summed E-state index contributed by atoms with van der Waals surface area (Å²) in [7, 11) is 0. The predicted octanol–water partition coefficient (Wildman–Crippen LogP) is 1.57. The molecule has 1 amide bonds. The normalized spacial score (nSPS) is 19.9. The molecule has 1 unspecified atom stereocenters. The number of nitrogens with zero attached hydrogens (tertiary/aromatic N) is 3. The lowest BCUT2D eigenvalue weighted by atomic mass is 10.1. The molecule has 3 rings (SSSR count). The molecule has 0 spiro atoms. The Kier molecular flexibility index (Phi) is 3.79. The van der Waals surface area contributed by atoms with Crippen molar-refractivity contribution in [1.82, 2.24) is 24.8 Å². The number of aromatic nitrogens is 3. The summed E-state index contributed by atoms with van der Waals surface area (Å²) >= 11 is 0. The van der Waals surface area contributed by atoms with Gasteiger partial charge in [0, 0.05) is 43.9 Å². The Morgan fingerprint density at radius 3 is 2.86 bits per heavy atom. The van der Waals surface area contributed by atoms with Gasteiger partial charge in [0.2, 0.25) is 0 Å². The van der Waals surface area contributed by atoms with E-state index in [0.717, 1.165) is 36.7 Å². The third-order valence-corrected chi connectivity index (χ3v) is 4.20. The molecular weight excluding hydrogens is 266 g/mol. The van der Waals surface area contributed by atoms with E-state index < -0.39 is 0 Å². The Bertz CT molecular complexity index is 603. The van der Waals surface area contributed by atoms with Crippen LogP contribution in [-0.2, 0) is 0 Å². The second-order valence-corrected chi connectivity index (χ2v) is 5.39. The Hall–Kier alpha value is -2.08. The van der Waals surface area contributed by atoms with Crippen molar-refractivity contribution in [2.75, 3.05) is 26.2 Å². The number of nitrogens with one attached hydrogen (secondary N) is 2. The lowest BCUT2D eigenvalue weighted by Gasteiger charge is -2.40. The largest absolute Gasteiger partial charge is 0.365 e. The first kappa shape index (κ1) is 13.9. The van der Waals surface area contributed by atoms with Gasteiger partial charge >= 0.3 is 0 Å². The van der Waals surface area contributed by atoms with Crippen molar-refractivity contribution >= 4 is 5.91 Å². The monoisotopic (exact) mass is 287 g/mol. The highest BCUT2D eigenvalue weighted by Crippen LogP contribution is 2.24. The highest BCUT2D eigenvalue weighted by Gasteiger charge is 2.32. The van der Waals surface area contributed by atoms with Gasteiger partial charge in [0.25, 0.3) is 5.91 Å². The average molecular weight is 287 g/mol. The van der Waals surface area contributed by atoms with Gasteiger partial charge < -0.3 is 14.9 Å². The number of H-pyrrole nitrogens is 2. The van der Waals surface area contributed by atoms with Crippen LogP contribution in [0.3, 0.4) is 0 Å². The van der Waals surface area contributed by atoms with Crippen molar-refractivity contribution in [1.29, 1.82) is 0 Å². The molecule has 1 fully saturated rings. The molecule has 0 aliphatic carbocycles. The molecule has 0 bridgehead atoms. The highest BCUT2D eigenvalue weighted by atomic mass is 16.2. The molecule has 112 valence electrons. The number of carbonyl (C=O) groups excluding carboxylic acids is 1. The number of aryl methyl sites for hydroxylation is 1. The molecule has 0 aromatic carbocycles. The van der Waals surface area contributed by atoms with Crippen LogP contribution in [0.15, 0.2) is 24.7 Å². The number of likely N-dealkylation sites (N-methyl/N-ethyl adjacent to an activating group) is 1. The summed E-state index contributed by atoms with van der Waals surface area (Å²) in [4.78, 5) is 27.6. The minimum atomic E-state index is 0.0982. The molecule has 6 nitrogen and oxygen atoms in total. The third-order valence-electron chi connectivity index (χ3n) is 4.20. The van der Waals surface area contributed by atoms with Crippen molar-refractivity contribution in [2.45, 2.75) is 19.9 Å². The zero-order valence-corrected chi connectivity index (χ0v) is 12.5. The molecule has 1 saturated heterocycles. The van der Waals surface area contributed by atoms with Crippen LogP contribution in [0.1, 0.15) is 34.8 Å². The van der Waals surface area contributed by atoms with Gasteiger partial charge in [-0.05, 0) is 19.5 Å². The van der Waals surface area contributed by atoms with Crippen molar-refractivity contribution in [3.8, 4) is 0 Å². The van der Waals surface area contributed by atoms with Gasteiger partial charge in [-0.2, -0.15) is 0 Å². The van der Waals surface area contributed by atoms with Crippen LogP contribution in [0, 0.1) is 6.92 Å². The molecule has 3 heterocycles. The van der Waals surface area contributed by atoms with E-state index in [0.29, 0.717) is 6.54 Å². The number of hydrogen-bond acceptors (Lipinski definition) is 3. The molecule has 2 aromatic heterocycles. The number of hydrogen-bond donors (Lipinski definition) is 2. The molecular formula is C15H21N5O. The highest BCUT2D eigenvalue weighted by molar-refractivity contribution is 5.95. The summed E-state index contributed by atoms with van der Waals surface area (Å²) < 4.78 is 0. The van der Waals surface area contributed by atoms with E-state index in [-0.39, 0.29) is 11.9 Å². The van der Waals surface area contributed by atoms with Gasteiger partial charge in [0.15, 0.2) is 0 Å². The standard InChI is InChI=1S/C15H21N5O/c1-3-19-8-9-20(10-13(19)14-17-6-7-18-14)15(21)12-4-5-16-11(12)2/h4-7,13,16H,3,8-10H2,1-2H3,(H,17,18). The molecule has 1 aliphatic rings. The van der Waals surface area contributed by atoms with Gasteiger partial charge in [0.05, 0.1) is 11.6 Å². The predicted molar refractivity (Wildman–Crippen MR) is 80.0 cm³/mol. The number of piperazine rings is 1. The van der Waals surface area contributed by atoms with Gasteiger partial charge in [-0.3, -0.25) is 9.69 Å². The molecule has 2 aromatic rings. The number of carbonyl (C=O) groups is 1. The third kappa shape index (κ3) is 2.58. The lowest BCUT2D eigenvalue weighted by Crippen LogP contribution is -2.50. The fourth-order valence-electron chi connectivity index (χ4n) is 2.96. The fraction of sp³-hybridized carbons (Fsp3) is 0.467. The molecule has 0 radical (unpaired) electrons. The Balaban J connectivity index is 1.80. The first-order valence-corrected chi connectivity index (χ1v) is 7.37. The van der Waals surface area contributed by atoms with E-state index in [9.17, 15) is 4.79 Å². The van der Waals surface area contributed by atoms with E-state index in [1.807, 2.05) is 30.3 Å². The number of aromatic amines is 2. The van der Waals surface area contributed by atoms with Crippen LogP contribution in [0.2, 0.25) is 0 Å². The van der Waals surface area contributed by atoms with Gasteiger partial charge in [-0.1, -0.05) is 6.92 Å². The minimum Gasteiger partial charge on any atom is -0.365 e. The first-order chi connectivity index (χ1) is 10.2. The van der Waals surface area contributed by atoms with Crippen molar-refractivity contribution < 1.29 is 4.79 Å². The maximum absolute atomic E-state index is 12.6. The smallest absolute Gasteiger partial charge is 0.255 e. The second-order valence-electron chi connectivity index (χ2n) is 5.39. The molecule has 1 aliphatic heterocycles. The van der Waals surface area contributed by atoms with Crippen LogP contribution >= 0.6 is 0 Å². The van der Waals surface area contributed by atoms with E-state index in [2.05, 4.69) is 26.8 Å². The second kappa shape index (κ2) is 5.73. The van der Waals surface area contributed by atoms with Crippen LogP contribution in [0.25, 0.3) is 0 Å². The van der Waals surface area contributed by atoms with Crippen LogP contribution in [0.5, 0.6) is 0 Å². The van der Waals surface area contributed by atoms with Crippen molar-refractivity contribution in [3.05, 3.63) is 41.7 Å². The molecule has 6 heteroatoms. The van der Waals surface area contributed by atoms with E-state index in [4.69, 9.17) is 0 Å². The summed E-state index contributed by atoms with van der Waals surface area (Å²) in [6, 6.07) is 1.99. The fourth-order valence-corrected chi connectivity index (χ4v) is 2.96. The molecule has 2 N–H and O–H groups in total. The van der Waals surface area contributed by atoms with Crippen LogP contribution in [-0.4, -0.2) is 56.8 Å². The zero-order chi connectivity index (χ0) is 14.8. The van der Waals surface area contributed by atoms with Gasteiger partial charge in [-0.15, -0.1) is 0 Å². The van der Waals surface area contributed by atoms with Crippen LogP contribution < -0.4 is 0 Å². The van der Waals surface area contributed by atoms with Crippen molar-refractivity contribution in [2.24, 2.45) is 0 Å². The summed E-state index contributed by atoms with van der Waals surface area (Å²) in [5, 5.41) is 0. The minimum absolute atomic E-state index is 0.0982. The Labute approximate surface area is 124 Å². The van der Waals surface area contributed by atoms with E-state index in [1.54, 1.807) is 6.20 Å². The summed E-state index contributed by atoms with van der Waals surface area (Å²) in [6.45, 7) is 7.33. The van der Waals surface area contributed by atoms with Gasteiger partial charge in [-0.25, -0.2) is 4.98 Å². The Morgan fingerprint density at radius 1 is 1.38 bits per heavy atom. The lowest BCUT2D eigenvalue weighted by molar-refractivity contribution is 0.0479. The number of rotatable bonds is 3. The van der Waals surface area contributed by atoms with E-state index >= 15 is 0 Å². The molecule has 0 saturated carbocycles. The first-order valence-electron chi connectivity index (χ1n) is 7.37. The van der Waals surface area contributed by atoms with Gasteiger partial charge in [0.1, 0.15) is 5.82 Å². The topological polar surface area (TPSA) is 68.0 Å². The summed E-state index contributed by atoms with van der Waals surface area (Å²) in [5.41, 5.74) is 1.69. The Morgan fingerprint density at radius 2 is 2.24 bits per heavy atom. The molecule has 21 heavy (non-hydrogen) atoms. The maximum atomic E-state index is 12.6. The number of amides is 1. The quantitative estimate of drug-likeness (QED) is 0.900.